The molecule has 4 nitrogen and oxygen atoms in total. The van der Waals surface area contributed by atoms with Crippen LogP contribution in [0.25, 0.3) is 6.08 Å². The number of hydrogen-bond donors (Lipinski definition) is 1. The topological polar surface area (TPSA) is 49.8 Å². The first kappa shape index (κ1) is 18.3. The molecule has 0 radical (unpaired) electrons. The van der Waals surface area contributed by atoms with Gasteiger partial charge in [0.1, 0.15) is 0 Å². The van der Waals surface area contributed by atoms with Crippen molar-refractivity contribution in [2.75, 3.05) is 12.0 Å². The lowest BCUT2D eigenvalue weighted by molar-refractivity contribution is -0.113. The van der Waals surface area contributed by atoms with E-state index in [0.717, 1.165) is 0 Å². The summed E-state index contributed by atoms with van der Waals surface area (Å²) in [5, 5.41) is 10.4. The van der Waals surface area contributed by atoms with Crippen LogP contribution in [0.3, 0.4) is 0 Å². The summed E-state index contributed by atoms with van der Waals surface area (Å²) in [4.78, 5) is 14.7. The summed E-state index contributed by atoms with van der Waals surface area (Å²) in [5.41, 5.74) is 1.33. The Morgan fingerprint density at radius 1 is 1.36 bits per heavy atom. The molecule has 1 saturated heterocycles. The number of rotatable bonds is 3. The van der Waals surface area contributed by atoms with Crippen LogP contribution >= 0.6 is 51.5 Å². The molecule has 0 atom stereocenters. The number of phenolic OH excluding ortho intramolecular Hbond substituents is 1. The number of thioether (sulfide) groups is 1. The average molecular weight is 457 g/mol. The van der Waals surface area contributed by atoms with Gasteiger partial charge in [0.25, 0.3) is 5.91 Å². The summed E-state index contributed by atoms with van der Waals surface area (Å²) in [6, 6.07) is 10.3. The van der Waals surface area contributed by atoms with Crippen LogP contribution in [-0.2, 0) is 4.79 Å². The van der Waals surface area contributed by atoms with Crippen molar-refractivity contribution in [2.45, 2.75) is 0 Å². The molecule has 128 valence electrons. The number of methoxy groups -OCH3 is 1. The fourth-order valence-electron chi connectivity index (χ4n) is 2.29. The second-order valence-corrected chi connectivity index (χ2v) is 8.02. The highest BCUT2D eigenvalue weighted by atomic mass is 79.9. The van der Waals surface area contributed by atoms with E-state index in [1.165, 1.54) is 23.8 Å². The first-order valence-corrected chi connectivity index (χ1v) is 9.40. The third-order valence-corrected chi connectivity index (χ3v) is 5.57. The Bertz CT molecular complexity index is 917. The summed E-state index contributed by atoms with van der Waals surface area (Å²) >= 11 is 15.8. The van der Waals surface area contributed by atoms with Crippen LogP contribution in [-0.4, -0.2) is 22.4 Å². The largest absolute Gasteiger partial charge is 0.503 e. The SMILES string of the molecule is COc1cc(C=C2SC(=S)N(c3cccc(Cl)c3)C2=O)cc(Br)c1O. The fourth-order valence-corrected chi connectivity index (χ4v) is 4.23. The van der Waals surface area contributed by atoms with E-state index in [4.69, 9.17) is 28.6 Å². The van der Waals surface area contributed by atoms with Gasteiger partial charge in [-0.25, -0.2) is 0 Å². The second-order valence-electron chi connectivity index (χ2n) is 5.05. The lowest BCUT2D eigenvalue weighted by Gasteiger charge is -2.14. The average Bonchev–Trinajstić information content (AvgIpc) is 2.84. The number of aromatic hydroxyl groups is 1. The number of hydrogen-bond acceptors (Lipinski definition) is 5. The summed E-state index contributed by atoms with van der Waals surface area (Å²) in [7, 11) is 1.46. The Morgan fingerprint density at radius 3 is 2.80 bits per heavy atom. The molecule has 1 aliphatic heterocycles. The molecule has 0 aliphatic carbocycles. The number of benzene rings is 2. The summed E-state index contributed by atoms with van der Waals surface area (Å²) < 4.78 is 6.04. The van der Waals surface area contributed by atoms with Crippen LogP contribution in [0.1, 0.15) is 5.56 Å². The van der Waals surface area contributed by atoms with Crippen molar-refractivity contribution in [3.05, 3.63) is 56.4 Å². The molecule has 1 amide bonds. The van der Waals surface area contributed by atoms with Crippen molar-refractivity contribution in [3.8, 4) is 11.5 Å². The van der Waals surface area contributed by atoms with Crippen molar-refractivity contribution in [1.82, 2.24) is 0 Å². The monoisotopic (exact) mass is 455 g/mol. The molecule has 0 aromatic heterocycles. The first-order valence-electron chi connectivity index (χ1n) is 7.00. The lowest BCUT2D eigenvalue weighted by Crippen LogP contribution is -2.27. The van der Waals surface area contributed by atoms with E-state index >= 15 is 0 Å². The summed E-state index contributed by atoms with van der Waals surface area (Å²) in [6.07, 6.45) is 1.70. The highest BCUT2D eigenvalue weighted by Gasteiger charge is 2.33. The number of thiocarbonyl (C=S) groups is 1. The Morgan fingerprint density at radius 2 is 2.12 bits per heavy atom. The van der Waals surface area contributed by atoms with Gasteiger partial charge in [-0.05, 0) is 57.9 Å². The molecule has 1 aliphatic rings. The van der Waals surface area contributed by atoms with Gasteiger partial charge in [0, 0.05) is 5.02 Å². The standard InChI is InChI=1S/C17H11BrClNO3S2/c1-23-13-6-9(5-12(18)15(13)21)7-14-16(22)20(17(24)25-14)11-4-2-3-10(19)8-11/h2-8,21H,1H3. The van der Waals surface area contributed by atoms with Gasteiger partial charge in [0.05, 0.1) is 22.2 Å². The highest BCUT2D eigenvalue weighted by molar-refractivity contribution is 9.10. The number of amides is 1. The highest BCUT2D eigenvalue weighted by Crippen LogP contribution is 2.39. The van der Waals surface area contributed by atoms with Gasteiger partial charge in [-0.1, -0.05) is 41.6 Å². The molecule has 8 heteroatoms. The maximum atomic E-state index is 12.8. The molecule has 2 aromatic carbocycles. The molecule has 1 heterocycles. The number of anilines is 1. The number of halogens is 2. The van der Waals surface area contributed by atoms with Gasteiger partial charge in [-0.2, -0.15) is 0 Å². The van der Waals surface area contributed by atoms with Crippen LogP contribution in [0.4, 0.5) is 5.69 Å². The fraction of sp³-hybridized carbons (Fsp3) is 0.0588. The van der Waals surface area contributed by atoms with Crippen molar-refractivity contribution < 1.29 is 14.6 Å². The molecule has 0 unspecified atom stereocenters. The number of carbonyl (C=O) groups is 1. The Kier molecular flexibility index (Phi) is 5.38. The Balaban J connectivity index is 1.97. The van der Waals surface area contributed by atoms with Crippen LogP contribution in [0.5, 0.6) is 11.5 Å². The molecule has 1 N–H and O–H groups in total. The third kappa shape index (κ3) is 3.69. The van der Waals surface area contributed by atoms with E-state index < -0.39 is 0 Å². The molecular weight excluding hydrogens is 446 g/mol. The molecule has 0 bridgehead atoms. The number of carbonyl (C=O) groups excluding carboxylic acids is 1. The molecule has 2 aromatic rings. The minimum Gasteiger partial charge on any atom is -0.503 e. The van der Waals surface area contributed by atoms with Crippen LogP contribution < -0.4 is 9.64 Å². The zero-order valence-electron chi connectivity index (χ0n) is 12.8. The Labute approximate surface area is 167 Å². The number of nitrogens with zero attached hydrogens (tertiary/aromatic N) is 1. The van der Waals surface area contributed by atoms with Crippen LogP contribution in [0.2, 0.25) is 5.02 Å². The predicted molar refractivity (Wildman–Crippen MR) is 109 cm³/mol. The second kappa shape index (κ2) is 7.37. The van der Waals surface area contributed by atoms with E-state index in [0.29, 0.717) is 35.7 Å². The number of ether oxygens (including phenoxy) is 1. The molecule has 0 saturated carbocycles. The normalized spacial score (nSPS) is 16.0. The molecular formula is C17H11BrClNO3S2. The quantitative estimate of drug-likeness (QED) is 0.507. The lowest BCUT2D eigenvalue weighted by atomic mass is 10.2. The van der Waals surface area contributed by atoms with E-state index in [1.807, 2.05) is 0 Å². The van der Waals surface area contributed by atoms with Crippen LogP contribution in [0.15, 0.2) is 45.8 Å². The van der Waals surface area contributed by atoms with E-state index in [9.17, 15) is 9.90 Å². The Hall–Kier alpha value is -1.54. The molecule has 3 rings (SSSR count). The van der Waals surface area contributed by atoms with Crippen molar-refractivity contribution >= 4 is 73.5 Å². The maximum absolute atomic E-state index is 12.8. The van der Waals surface area contributed by atoms with Gasteiger partial charge in [0.2, 0.25) is 0 Å². The predicted octanol–water partition coefficient (Wildman–Crippen LogP) is 5.22. The van der Waals surface area contributed by atoms with Gasteiger partial charge in [-0.15, -0.1) is 0 Å². The minimum absolute atomic E-state index is 0.00567. The van der Waals surface area contributed by atoms with E-state index in [2.05, 4.69) is 15.9 Å². The van der Waals surface area contributed by atoms with Crippen molar-refractivity contribution in [2.24, 2.45) is 0 Å². The molecule has 1 fully saturated rings. The van der Waals surface area contributed by atoms with Crippen molar-refractivity contribution in [1.29, 1.82) is 0 Å². The third-order valence-electron chi connectivity index (χ3n) is 3.43. The van der Waals surface area contributed by atoms with E-state index in [1.54, 1.807) is 42.5 Å². The zero-order chi connectivity index (χ0) is 18.1. The first-order chi connectivity index (χ1) is 11.9. The van der Waals surface area contributed by atoms with Crippen LogP contribution in [0, 0.1) is 0 Å². The minimum atomic E-state index is -0.222. The van der Waals surface area contributed by atoms with Gasteiger partial charge in [0.15, 0.2) is 15.8 Å². The summed E-state index contributed by atoms with van der Waals surface area (Å²) in [6.45, 7) is 0. The maximum Gasteiger partial charge on any atom is 0.270 e. The molecule has 25 heavy (non-hydrogen) atoms. The summed E-state index contributed by atoms with van der Waals surface area (Å²) in [5.74, 6) is 0.0949. The van der Waals surface area contributed by atoms with E-state index in [-0.39, 0.29) is 11.7 Å². The molecule has 0 spiro atoms. The number of phenols is 1. The van der Waals surface area contributed by atoms with Crippen molar-refractivity contribution in [3.63, 3.8) is 0 Å². The zero-order valence-corrected chi connectivity index (χ0v) is 16.8. The van der Waals surface area contributed by atoms with Gasteiger partial charge < -0.3 is 9.84 Å². The smallest absolute Gasteiger partial charge is 0.270 e. The van der Waals surface area contributed by atoms with Gasteiger partial charge >= 0.3 is 0 Å². The van der Waals surface area contributed by atoms with Gasteiger partial charge in [-0.3, -0.25) is 9.69 Å².